The van der Waals surface area contributed by atoms with Crippen LogP contribution in [-0.2, 0) is 4.79 Å². The van der Waals surface area contributed by atoms with Crippen molar-refractivity contribution >= 4 is 29.2 Å². The van der Waals surface area contributed by atoms with Crippen molar-refractivity contribution in [2.24, 2.45) is 0 Å². The maximum Gasteiger partial charge on any atom is 0.253 e. The summed E-state index contributed by atoms with van der Waals surface area (Å²) in [5.41, 5.74) is 0.357. The number of hydrogen-bond donors (Lipinski definition) is 3. The zero-order chi connectivity index (χ0) is 14.3. The molecule has 0 bridgehead atoms. The van der Waals surface area contributed by atoms with Gasteiger partial charge in [0, 0.05) is 32.8 Å². The summed E-state index contributed by atoms with van der Waals surface area (Å²) in [5.74, 6) is 0.168. The van der Waals surface area contributed by atoms with Crippen molar-refractivity contribution in [2.75, 3.05) is 25.0 Å². The Morgan fingerprint density at radius 2 is 2.00 bits per heavy atom. The van der Waals surface area contributed by atoms with E-state index in [9.17, 15) is 9.59 Å². The molecule has 3 N–H and O–H groups in total. The highest BCUT2D eigenvalue weighted by Gasteiger charge is 2.11. The second-order valence-corrected chi connectivity index (χ2v) is 4.23. The van der Waals surface area contributed by atoms with Crippen LogP contribution in [0.5, 0.6) is 0 Å². The largest absolute Gasteiger partial charge is 0.370 e. The monoisotopic (exact) mass is 284 g/mol. The minimum Gasteiger partial charge on any atom is -0.370 e. The fraction of sp³-hybridized carbons (Fsp3) is 0.417. The Morgan fingerprint density at radius 1 is 1.32 bits per heavy atom. The molecule has 0 atom stereocenters. The van der Waals surface area contributed by atoms with Crippen molar-refractivity contribution in [3.05, 3.63) is 22.8 Å². The minimum absolute atomic E-state index is 0.134. The maximum atomic E-state index is 11.9. The first kappa shape index (κ1) is 15.2. The number of nitrogens with zero attached hydrogens (tertiary/aromatic N) is 1. The van der Waals surface area contributed by atoms with E-state index in [0.29, 0.717) is 36.0 Å². The highest BCUT2D eigenvalue weighted by Crippen LogP contribution is 2.17. The molecular formula is C12H17ClN4O2. The number of pyridine rings is 1. The Labute approximate surface area is 116 Å². The Hall–Kier alpha value is -1.82. The Morgan fingerprint density at radius 3 is 2.63 bits per heavy atom. The second-order valence-electron chi connectivity index (χ2n) is 3.82. The third kappa shape index (κ3) is 5.13. The van der Waals surface area contributed by atoms with E-state index in [1.807, 2.05) is 6.92 Å². The number of halogens is 1. The van der Waals surface area contributed by atoms with Crippen molar-refractivity contribution < 1.29 is 9.59 Å². The van der Waals surface area contributed by atoms with E-state index >= 15 is 0 Å². The van der Waals surface area contributed by atoms with E-state index in [1.165, 1.54) is 13.1 Å². The normalized spacial score (nSPS) is 9.84. The predicted octanol–water partition coefficient (Wildman–Crippen LogP) is 1.03. The molecule has 0 aliphatic heterocycles. The van der Waals surface area contributed by atoms with Crippen LogP contribution in [0.3, 0.4) is 0 Å². The maximum absolute atomic E-state index is 11.9. The second kappa shape index (κ2) is 7.58. The molecule has 7 heteroatoms. The van der Waals surface area contributed by atoms with E-state index in [4.69, 9.17) is 11.6 Å². The molecule has 2 amide bonds. The molecule has 0 saturated heterocycles. The van der Waals surface area contributed by atoms with Crippen molar-refractivity contribution in [2.45, 2.75) is 13.8 Å². The summed E-state index contributed by atoms with van der Waals surface area (Å²) in [7, 11) is 0. The zero-order valence-electron chi connectivity index (χ0n) is 10.9. The first-order valence-electron chi connectivity index (χ1n) is 5.96. The van der Waals surface area contributed by atoms with Crippen LogP contribution in [0, 0.1) is 0 Å². The quantitative estimate of drug-likeness (QED) is 0.682. The third-order valence-electron chi connectivity index (χ3n) is 2.24. The van der Waals surface area contributed by atoms with Gasteiger partial charge in [-0.15, -0.1) is 0 Å². The molecule has 0 spiro atoms. The minimum atomic E-state index is -0.295. The average Bonchev–Trinajstić information content (AvgIpc) is 2.36. The lowest BCUT2D eigenvalue weighted by molar-refractivity contribution is -0.118. The van der Waals surface area contributed by atoms with Crippen LogP contribution in [0.1, 0.15) is 24.2 Å². The highest BCUT2D eigenvalue weighted by atomic mass is 35.5. The standard InChI is InChI=1S/C12H17ClN4O2/c1-3-14-11-6-9(10(13)7-17-11)12(19)16-5-4-15-8(2)18/h6-7H,3-5H2,1-2H3,(H,14,17)(H,15,18)(H,16,19). The summed E-state index contributed by atoms with van der Waals surface area (Å²) >= 11 is 5.93. The lowest BCUT2D eigenvalue weighted by Crippen LogP contribution is -2.33. The van der Waals surface area contributed by atoms with Crippen molar-refractivity contribution in [3.8, 4) is 0 Å². The van der Waals surface area contributed by atoms with Crippen LogP contribution < -0.4 is 16.0 Å². The molecule has 1 aromatic heterocycles. The molecular weight excluding hydrogens is 268 g/mol. The van der Waals surface area contributed by atoms with Crippen molar-refractivity contribution in [1.29, 1.82) is 0 Å². The van der Waals surface area contributed by atoms with E-state index in [0.717, 1.165) is 0 Å². The van der Waals surface area contributed by atoms with Gasteiger partial charge in [-0.05, 0) is 13.0 Å². The van der Waals surface area contributed by atoms with Crippen LogP contribution in [-0.4, -0.2) is 36.4 Å². The van der Waals surface area contributed by atoms with Gasteiger partial charge in [0.25, 0.3) is 5.91 Å². The molecule has 0 saturated carbocycles. The van der Waals surface area contributed by atoms with Crippen molar-refractivity contribution in [3.63, 3.8) is 0 Å². The first-order valence-corrected chi connectivity index (χ1v) is 6.34. The summed E-state index contributed by atoms with van der Waals surface area (Å²) in [5, 5.41) is 8.55. The zero-order valence-corrected chi connectivity index (χ0v) is 11.7. The van der Waals surface area contributed by atoms with Crippen LogP contribution in [0.15, 0.2) is 12.3 Å². The molecule has 0 fully saturated rings. The van der Waals surface area contributed by atoms with Gasteiger partial charge >= 0.3 is 0 Å². The van der Waals surface area contributed by atoms with Gasteiger partial charge in [-0.3, -0.25) is 9.59 Å². The SMILES string of the molecule is CCNc1cc(C(=O)NCCNC(C)=O)c(Cl)cn1. The lowest BCUT2D eigenvalue weighted by Gasteiger charge is -2.09. The molecule has 0 unspecified atom stereocenters. The third-order valence-corrected chi connectivity index (χ3v) is 2.54. The van der Waals surface area contributed by atoms with E-state index < -0.39 is 0 Å². The van der Waals surface area contributed by atoms with E-state index in [-0.39, 0.29) is 11.8 Å². The Kier molecular flexibility index (Phi) is 6.08. The highest BCUT2D eigenvalue weighted by molar-refractivity contribution is 6.33. The summed E-state index contributed by atoms with van der Waals surface area (Å²) in [6, 6.07) is 1.60. The van der Waals surface area contributed by atoms with Gasteiger partial charge < -0.3 is 16.0 Å². The molecule has 6 nitrogen and oxygen atoms in total. The Balaban J connectivity index is 2.60. The van der Waals surface area contributed by atoms with Crippen molar-refractivity contribution in [1.82, 2.24) is 15.6 Å². The number of aromatic nitrogens is 1. The Bertz CT molecular complexity index is 465. The first-order chi connectivity index (χ1) is 9.04. The van der Waals surface area contributed by atoms with Gasteiger partial charge in [0.05, 0.1) is 10.6 Å². The molecule has 0 aromatic carbocycles. The average molecular weight is 285 g/mol. The number of anilines is 1. The van der Waals surface area contributed by atoms with Crippen LogP contribution in [0.25, 0.3) is 0 Å². The fourth-order valence-corrected chi connectivity index (χ4v) is 1.59. The molecule has 0 aliphatic carbocycles. The van der Waals surface area contributed by atoms with Crippen LogP contribution in [0.4, 0.5) is 5.82 Å². The topological polar surface area (TPSA) is 83.1 Å². The molecule has 1 aromatic rings. The fourth-order valence-electron chi connectivity index (χ4n) is 1.40. The predicted molar refractivity (Wildman–Crippen MR) is 74.4 cm³/mol. The molecule has 1 heterocycles. The summed E-state index contributed by atoms with van der Waals surface area (Å²) in [4.78, 5) is 26.6. The molecule has 104 valence electrons. The smallest absolute Gasteiger partial charge is 0.253 e. The van der Waals surface area contributed by atoms with Gasteiger partial charge in [0.15, 0.2) is 0 Å². The van der Waals surface area contributed by atoms with Gasteiger partial charge in [0.1, 0.15) is 5.82 Å². The molecule has 0 radical (unpaired) electrons. The van der Waals surface area contributed by atoms with Crippen LogP contribution >= 0.6 is 11.6 Å². The van der Waals surface area contributed by atoms with Crippen LogP contribution in [0.2, 0.25) is 5.02 Å². The number of amides is 2. The molecule has 19 heavy (non-hydrogen) atoms. The molecule has 0 aliphatic rings. The number of hydrogen-bond acceptors (Lipinski definition) is 4. The summed E-state index contributed by atoms with van der Waals surface area (Å²) in [6.45, 7) is 4.78. The number of rotatable bonds is 6. The van der Waals surface area contributed by atoms with Gasteiger partial charge in [-0.2, -0.15) is 0 Å². The van der Waals surface area contributed by atoms with Gasteiger partial charge in [-0.1, -0.05) is 11.6 Å². The summed E-state index contributed by atoms with van der Waals surface area (Å²) < 4.78 is 0. The van der Waals surface area contributed by atoms with E-state index in [1.54, 1.807) is 6.07 Å². The summed E-state index contributed by atoms with van der Waals surface area (Å²) in [6.07, 6.45) is 1.43. The lowest BCUT2D eigenvalue weighted by atomic mass is 10.2. The van der Waals surface area contributed by atoms with Gasteiger partial charge in [0.2, 0.25) is 5.91 Å². The number of carbonyl (C=O) groups excluding carboxylic acids is 2. The van der Waals surface area contributed by atoms with Gasteiger partial charge in [-0.25, -0.2) is 4.98 Å². The van der Waals surface area contributed by atoms with E-state index in [2.05, 4.69) is 20.9 Å². The number of carbonyl (C=O) groups is 2. The molecule has 1 rings (SSSR count). The number of nitrogens with one attached hydrogen (secondary N) is 3.